The predicted octanol–water partition coefficient (Wildman–Crippen LogP) is 2.58. The molecule has 0 bridgehead atoms. The Kier molecular flexibility index (Phi) is 3.55. The first-order valence-electron chi connectivity index (χ1n) is 3.63. The van der Waals surface area contributed by atoms with E-state index in [9.17, 15) is 0 Å². The van der Waals surface area contributed by atoms with Crippen molar-refractivity contribution in [3.8, 4) is 0 Å². The highest BCUT2D eigenvalue weighted by Gasteiger charge is 2.01. The molecular formula is C8H12BrNS. The van der Waals surface area contributed by atoms with Crippen molar-refractivity contribution in [2.24, 2.45) is 0 Å². The van der Waals surface area contributed by atoms with Crippen LogP contribution in [0.4, 0.5) is 0 Å². The predicted molar refractivity (Wildman–Crippen MR) is 54.4 cm³/mol. The molecule has 1 heterocycles. The fraction of sp³-hybridized carbons (Fsp3) is 0.500. The van der Waals surface area contributed by atoms with Gasteiger partial charge in [0.25, 0.3) is 0 Å². The second-order valence-electron chi connectivity index (χ2n) is 2.51. The maximum Gasteiger partial charge on any atom is 0.0704 e. The summed E-state index contributed by atoms with van der Waals surface area (Å²) < 4.78 is 1.24. The zero-order valence-electron chi connectivity index (χ0n) is 6.78. The Morgan fingerprint density at radius 3 is 2.82 bits per heavy atom. The summed E-state index contributed by atoms with van der Waals surface area (Å²) in [5, 5.41) is 3.14. The van der Waals surface area contributed by atoms with Gasteiger partial charge in [0, 0.05) is 4.88 Å². The Balaban J connectivity index is 2.62. The minimum atomic E-state index is 1.06. The van der Waals surface area contributed by atoms with Crippen molar-refractivity contribution in [1.29, 1.82) is 0 Å². The molecule has 1 N–H and O–H groups in total. The van der Waals surface area contributed by atoms with Crippen LogP contribution in [0.2, 0.25) is 0 Å². The molecule has 3 heteroatoms. The van der Waals surface area contributed by atoms with Gasteiger partial charge in [-0.05, 0) is 54.5 Å². The minimum absolute atomic E-state index is 1.06. The third-order valence-corrected chi connectivity index (χ3v) is 3.39. The van der Waals surface area contributed by atoms with Crippen LogP contribution in [0.5, 0.6) is 0 Å². The Bertz CT molecular complexity index is 232. The summed E-state index contributed by atoms with van der Waals surface area (Å²) in [6.45, 7) is 3.22. The smallest absolute Gasteiger partial charge is 0.0704 e. The van der Waals surface area contributed by atoms with Gasteiger partial charge in [-0.2, -0.15) is 0 Å². The molecule has 1 nitrogen and oxygen atoms in total. The van der Waals surface area contributed by atoms with Gasteiger partial charge >= 0.3 is 0 Å². The molecule has 0 aliphatic heterocycles. The van der Waals surface area contributed by atoms with Crippen molar-refractivity contribution in [1.82, 2.24) is 5.32 Å². The van der Waals surface area contributed by atoms with Crippen molar-refractivity contribution in [2.45, 2.75) is 13.3 Å². The van der Waals surface area contributed by atoms with E-state index in [0.29, 0.717) is 0 Å². The standard InChI is InChI=1S/C8H12BrNS/c1-6-5-8(9)11-7(6)3-4-10-2/h5,10H,3-4H2,1-2H3. The summed E-state index contributed by atoms with van der Waals surface area (Å²) in [5.74, 6) is 0. The number of rotatable bonds is 3. The number of nitrogens with one attached hydrogen (secondary N) is 1. The average molecular weight is 234 g/mol. The zero-order valence-corrected chi connectivity index (χ0v) is 9.18. The largest absolute Gasteiger partial charge is 0.319 e. The van der Waals surface area contributed by atoms with Gasteiger partial charge in [-0.3, -0.25) is 0 Å². The highest BCUT2D eigenvalue weighted by atomic mass is 79.9. The molecule has 1 aromatic rings. The Morgan fingerprint density at radius 1 is 1.64 bits per heavy atom. The molecular weight excluding hydrogens is 222 g/mol. The topological polar surface area (TPSA) is 12.0 Å². The number of aryl methyl sites for hydroxylation is 1. The molecule has 0 radical (unpaired) electrons. The van der Waals surface area contributed by atoms with Crippen LogP contribution >= 0.6 is 27.3 Å². The first kappa shape index (κ1) is 9.23. The number of likely N-dealkylation sites (N-methyl/N-ethyl adjacent to an activating group) is 1. The van der Waals surface area contributed by atoms with Gasteiger partial charge < -0.3 is 5.32 Å². The molecule has 0 aromatic carbocycles. The maximum absolute atomic E-state index is 3.47. The maximum atomic E-state index is 3.47. The Labute approximate surface area is 79.9 Å². The lowest BCUT2D eigenvalue weighted by Crippen LogP contribution is -2.09. The number of hydrogen-bond acceptors (Lipinski definition) is 2. The fourth-order valence-corrected chi connectivity index (χ4v) is 2.79. The van der Waals surface area contributed by atoms with Crippen LogP contribution in [0.15, 0.2) is 9.85 Å². The molecule has 0 spiro atoms. The minimum Gasteiger partial charge on any atom is -0.319 e. The van der Waals surface area contributed by atoms with Crippen molar-refractivity contribution in [3.63, 3.8) is 0 Å². The summed E-state index contributed by atoms with van der Waals surface area (Å²) in [7, 11) is 1.98. The molecule has 1 aromatic heterocycles. The van der Waals surface area contributed by atoms with Gasteiger partial charge in [0.1, 0.15) is 0 Å². The van der Waals surface area contributed by atoms with E-state index in [-0.39, 0.29) is 0 Å². The molecule has 11 heavy (non-hydrogen) atoms. The van der Waals surface area contributed by atoms with Gasteiger partial charge in [0.2, 0.25) is 0 Å². The quantitative estimate of drug-likeness (QED) is 0.847. The van der Waals surface area contributed by atoms with E-state index in [1.54, 1.807) is 0 Å². The van der Waals surface area contributed by atoms with E-state index in [2.05, 4.69) is 34.2 Å². The average Bonchev–Trinajstić information content (AvgIpc) is 2.26. The summed E-state index contributed by atoms with van der Waals surface area (Å²) in [5.41, 5.74) is 1.40. The molecule has 0 fully saturated rings. The first-order valence-corrected chi connectivity index (χ1v) is 5.24. The first-order chi connectivity index (χ1) is 5.24. The molecule has 0 unspecified atom stereocenters. The van der Waals surface area contributed by atoms with Crippen LogP contribution in [-0.2, 0) is 6.42 Å². The van der Waals surface area contributed by atoms with Crippen LogP contribution in [-0.4, -0.2) is 13.6 Å². The van der Waals surface area contributed by atoms with Crippen LogP contribution in [0.3, 0.4) is 0 Å². The third-order valence-electron chi connectivity index (χ3n) is 1.59. The van der Waals surface area contributed by atoms with Gasteiger partial charge in [-0.25, -0.2) is 0 Å². The van der Waals surface area contributed by atoms with Crippen molar-refractivity contribution in [3.05, 3.63) is 20.3 Å². The van der Waals surface area contributed by atoms with Crippen LogP contribution in [0, 0.1) is 6.92 Å². The molecule has 62 valence electrons. The molecule has 1 rings (SSSR count). The molecule has 0 saturated carbocycles. The van der Waals surface area contributed by atoms with Crippen molar-refractivity contribution >= 4 is 27.3 Å². The van der Waals surface area contributed by atoms with Crippen molar-refractivity contribution < 1.29 is 0 Å². The second-order valence-corrected chi connectivity index (χ2v) is 5.03. The molecule has 0 saturated heterocycles. The lowest BCUT2D eigenvalue weighted by Gasteiger charge is -1.96. The Hall–Kier alpha value is 0.140. The fourth-order valence-electron chi connectivity index (χ4n) is 0.965. The lowest BCUT2D eigenvalue weighted by molar-refractivity contribution is 0.797. The SMILES string of the molecule is CNCCc1sc(Br)cc1C. The van der Waals surface area contributed by atoms with Gasteiger partial charge in [-0.1, -0.05) is 0 Å². The monoisotopic (exact) mass is 233 g/mol. The summed E-state index contributed by atoms with van der Waals surface area (Å²) >= 11 is 5.30. The molecule has 0 amide bonds. The highest BCUT2D eigenvalue weighted by Crippen LogP contribution is 2.26. The molecule has 0 aliphatic carbocycles. The van der Waals surface area contributed by atoms with Crippen LogP contribution in [0.1, 0.15) is 10.4 Å². The van der Waals surface area contributed by atoms with E-state index in [1.165, 1.54) is 14.2 Å². The highest BCUT2D eigenvalue weighted by molar-refractivity contribution is 9.11. The normalized spacial score (nSPS) is 10.5. The van der Waals surface area contributed by atoms with Gasteiger partial charge in [0.05, 0.1) is 3.79 Å². The number of halogens is 1. The van der Waals surface area contributed by atoms with Crippen molar-refractivity contribution in [2.75, 3.05) is 13.6 Å². The lowest BCUT2D eigenvalue weighted by atomic mass is 10.2. The third kappa shape index (κ3) is 2.58. The van der Waals surface area contributed by atoms with E-state index in [1.807, 2.05) is 18.4 Å². The van der Waals surface area contributed by atoms with Gasteiger partial charge in [0.15, 0.2) is 0 Å². The summed E-state index contributed by atoms with van der Waals surface area (Å²) in [4.78, 5) is 1.48. The number of hydrogen-bond donors (Lipinski definition) is 1. The van der Waals surface area contributed by atoms with E-state index >= 15 is 0 Å². The molecule has 0 aliphatic rings. The number of thiophene rings is 1. The zero-order chi connectivity index (χ0) is 8.27. The van der Waals surface area contributed by atoms with E-state index in [4.69, 9.17) is 0 Å². The van der Waals surface area contributed by atoms with E-state index in [0.717, 1.165) is 13.0 Å². The van der Waals surface area contributed by atoms with E-state index < -0.39 is 0 Å². The van der Waals surface area contributed by atoms with Gasteiger partial charge in [-0.15, -0.1) is 11.3 Å². The molecule has 0 atom stereocenters. The second kappa shape index (κ2) is 4.24. The Morgan fingerprint density at radius 2 is 2.36 bits per heavy atom. The van der Waals surface area contributed by atoms with Crippen LogP contribution in [0.25, 0.3) is 0 Å². The summed E-state index contributed by atoms with van der Waals surface area (Å²) in [6, 6.07) is 2.18. The van der Waals surface area contributed by atoms with Crippen LogP contribution < -0.4 is 5.32 Å². The summed E-state index contributed by atoms with van der Waals surface area (Å²) in [6.07, 6.45) is 1.14.